The summed E-state index contributed by atoms with van der Waals surface area (Å²) in [6, 6.07) is 0. The lowest BCUT2D eigenvalue weighted by molar-refractivity contribution is 0.0949. The number of H-pyrrole nitrogens is 1. The van der Waals surface area contributed by atoms with Crippen LogP contribution in [0.3, 0.4) is 0 Å². The number of carbonyl (C=O) groups is 1. The smallest absolute Gasteiger partial charge is 0.255 e. The van der Waals surface area contributed by atoms with E-state index in [9.17, 15) is 4.79 Å². The van der Waals surface area contributed by atoms with Gasteiger partial charge in [0.25, 0.3) is 5.91 Å². The number of aryl methyl sites for hydroxylation is 2. The van der Waals surface area contributed by atoms with Crippen LogP contribution >= 0.6 is 0 Å². The molecule has 84 valence electrons. The van der Waals surface area contributed by atoms with Crippen molar-refractivity contribution in [3.05, 3.63) is 35.7 Å². The third-order valence-electron chi connectivity index (χ3n) is 2.40. The van der Waals surface area contributed by atoms with Gasteiger partial charge in [0, 0.05) is 25.1 Å². The van der Waals surface area contributed by atoms with Crippen molar-refractivity contribution in [1.29, 1.82) is 0 Å². The van der Waals surface area contributed by atoms with E-state index < -0.39 is 0 Å². The van der Waals surface area contributed by atoms with Gasteiger partial charge >= 0.3 is 0 Å². The minimum Gasteiger partial charge on any atom is -0.345 e. The highest BCUT2D eigenvalue weighted by molar-refractivity contribution is 5.94. The molecule has 0 aliphatic carbocycles. The molecule has 0 unspecified atom stereocenters. The normalized spacial score (nSPS) is 10.4. The van der Waals surface area contributed by atoms with Crippen molar-refractivity contribution < 1.29 is 4.79 Å². The maximum Gasteiger partial charge on any atom is 0.255 e. The van der Waals surface area contributed by atoms with Crippen molar-refractivity contribution in [2.45, 2.75) is 13.5 Å². The third-order valence-corrected chi connectivity index (χ3v) is 2.40. The van der Waals surface area contributed by atoms with Gasteiger partial charge in [-0.15, -0.1) is 0 Å². The molecule has 6 nitrogen and oxygen atoms in total. The molecule has 0 aliphatic heterocycles. The van der Waals surface area contributed by atoms with E-state index in [0.717, 1.165) is 11.5 Å². The lowest BCUT2D eigenvalue weighted by Crippen LogP contribution is -2.24. The largest absolute Gasteiger partial charge is 0.345 e. The topological polar surface area (TPSA) is 75.6 Å². The van der Waals surface area contributed by atoms with Crippen LogP contribution in [0.1, 0.15) is 21.9 Å². The number of rotatable bonds is 3. The molecule has 0 radical (unpaired) electrons. The molecule has 0 fully saturated rings. The summed E-state index contributed by atoms with van der Waals surface area (Å²) >= 11 is 0. The highest BCUT2D eigenvalue weighted by atomic mass is 16.1. The molecule has 0 bridgehead atoms. The zero-order valence-corrected chi connectivity index (χ0v) is 9.19. The summed E-state index contributed by atoms with van der Waals surface area (Å²) in [5.41, 5.74) is 1.33. The highest BCUT2D eigenvalue weighted by Crippen LogP contribution is 2.02. The second-order valence-corrected chi connectivity index (χ2v) is 3.55. The van der Waals surface area contributed by atoms with E-state index in [1.54, 1.807) is 6.20 Å². The molecule has 2 N–H and O–H groups in total. The fourth-order valence-corrected chi connectivity index (χ4v) is 1.40. The first-order chi connectivity index (χ1) is 7.68. The number of hydrogen-bond donors (Lipinski definition) is 2. The Balaban J connectivity index is 1.99. The number of aromatic amines is 1. The molecule has 0 aromatic carbocycles. The van der Waals surface area contributed by atoms with Crippen molar-refractivity contribution in [1.82, 2.24) is 25.1 Å². The summed E-state index contributed by atoms with van der Waals surface area (Å²) in [7, 11) is 1.89. The molecule has 0 spiro atoms. The van der Waals surface area contributed by atoms with E-state index in [4.69, 9.17) is 0 Å². The average Bonchev–Trinajstić information content (AvgIpc) is 2.84. The molecule has 0 aliphatic rings. The van der Waals surface area contributed by atoms with E-state index in [2.05, 4.69) is 20.5 Å². The Morgan fingerprint density at radius 2 is 2.44 bits per heavy atom. The van der Waals surface area contributed by atoms with Crippen LogP contribution in [0.2, 0.25) is 0 Å². The molecule has 0 saturated heterocycles. The molecular formula is C10H13N5O. The number of imidazole rings is 1. The Kier molecular flexibility index (Phi) is 2.72. The van der Waals surface area contributed by atoms with Crippen molar-refractivity contribution in [2.75, 3.05) is 0 Å². The molecule has 16 heavy (non-hydrogen) atoms. The summed E-state index contributed by atoms with van der Waals surface area (Å²) < 4.78 is 1.86. The SMILES string of the molecule is Cc1[nH]ncc1C(=O)NCc1nccn1C. The monoisotopic (exact) mass is 219 g/mol. The van der Waals surface area contributed by atoms with Crippen LogP contribution in [0, 0.1) is 6.92 Å². The van der Waals surface area contributed by atoms with Gasteiger partial charge in [0.2, 0.25) is 0 Å². The third kappa shape index (κ3) is 1.95. The number of carbonyl (C=O) groups excluding carboxylic acids is 1. The Hall–Kier alpha value is -2.11. The van der Waals surface area contributed by atoms with Crippen molar-refractivity contribution in [3.63, 3.8) is 0 Å². The molecule has 1 amide bonds. The van der Waals surface area contributed by atoms with E-state index in [1.165, 1.54) is 6.20 Å². The molecule has 6 heteroatoms. The predicted molar refractivity (Wildman–Crippen MR) is 57.7 cm³/mol. The number of nitrogens with one attached hydrogen (secondary N) is 2. The van der Waals surface area contributed by atoms with Gasteiger partial charge in [-0.05, 0) is 6.92 Å². The van der Waals surface area contributed by atoms with Gasteiger partial charge in [-0.1, -0.05) is 0 Å². The van der Waals surface area contributed by atoms with Crippen LogP contribution in [0.15, 0.2) is 18.6 Å². The summed E-state index contributed by atoms with van der Waals surface area (Å²) in [5, 5.41) is 9.31. The predicted octanol–water partition coefficient (Wildman–Crippen LogP) is 0.382. The summed E-state index contributed by atoms with van der Waals surface area (Å²) in [6.45, 7) is 2.22. The number of aromatic nitrogens is 4. The van der Waals surface area contributed by atoms with Gasteiger partial charge < -0.3 is 9.88 Å². The van der Waals surface area contributed by atoms with E-state index in [1.807, 2.05) is 24.7 Å². The first kappa shape index (κ1) is 10.4. The van der Waals surface area contributed by atoms with Crippen molar-refractivity contribution in [3.8, 4) is 0 Å². The molecule has 2 aromatic rings. The zero-order valence-electron chi connectivity index (χ0n) is 9.19. The van der Waals surface area contributed by atoms with Gasteiger partial charge in [-0.2, -0.15) is 5.10 Å². The molecule has 2 aromatic heterocycles. The number of amides is 1. The van der Waals surface area contributed by atoms with E-state index in [0.29, 0.717) is 12.1 Å². The van der Waals surface area contributed by atoms with Crippen LogP contribution in [-0.2, 0) is 13.6 Å². The maximum atomic E-state index is 11.7. The van der Waals surface area contributed by atoms with Gasteiger partial charge in [-0.25, -0.2) is 4.98 Å². The summed E-state index contributed by atoms with van der Waals surface area (Å²) in [5.74, 6) is 0.670. The zero-order chi connectivity index (χ0) is 11.5. The molecule has 2 rings (SSSR count). The minimum atomic E-state index is -0.144. The van der Waals surface area contributed by atoms with Crippen LogP contribution in [0.25, 0.3) is 0 Å². The van der Waals surface area contributed by atoms with Crippen molar-refractivity contribution >= 4 is 5.91 Å². The maximum absolute atomic E-state index is 11.7. The van der Waals surface area contributed by atoms with E-state index >= 15 is 0 Å². The fourth-order valence-electron chi connectivity index (χ4n) is 1.40. The van der Waals surface area contributed by atoms with Crippen molar-refractivity contribution in [2.24, 2.45) is 7.05 Å². The van der Waals surface area contributed by atoms with Gasteiger partial charge in [0.1, 0.15) is 5.82 Å². The average molecular weight is 219 g/mol. The second-order valence-electron chi connectivity index (χ2n) is 3.55. The highest BCUT2D eigenvalue weighted by Gasteiger charge is 2.10. The lowest BCUT2D eigenvalue weighted by Gasteiger charge is -2.04. The van der Waals surface area contributed by atoms with Crippen LogP contribution in [-0.4, -0.2) is 25.7 Å². The summed E-state index contributed by atoms with van der Waals surface area (Å²) in [6.07, 6.45) is 5.05. The Morgan fingerprint density at radius 1 is 1.62 bits per heavy atom. The minimum absolute atomic E-state index is 0.144. The van der Waals surface area contributed by atoms with Gasteiger partial charge in [-0.3, -0.25) is 9.89 Å². The first-order valence-corrected chi connectivity index (χ1v) is 4.93. The van der Waals surface area contributed by atoms with Gasteiger partial charge in [0.15, 0.2) is 0 Å². The van der Waals surface area contributed by atoms with E-state index in [-0.39, 0.29) is 5.91 Å². The fraction of sp³-hybridized carbons (Fsp3) is 0.300. The van der Waals surface area contributed by atoms with Crippen LogP contribution < -0.4 is 5.32 Å². The lowest BCUT2D eigenvalue weighted by atomic mass is 10.2. The standard InChI is InChI=1S/C10H13N5O/c1-7-8(5-13-14-7)10(16)12-6-9-11-3-4-15(9)2/h3-5H,6H2,1-2H3,(H,12,16)(H,13,14). The quantitative estimate of drug-likeness (QED) is 0.783. The summed E-state index contributed by atoms with van der Waals surface area (Å²) in [4.78, 5) is 15.8. The molecular weight excluding hydrogens is 206 g/mol. The second kappa shape index (κ2) is 4.18. The molecule has 0 atom stereocenters. The number of hydrogen-bond acceptors (Lipinski definition) is 3. The number of nitrogens with zero attached hydrogens (tertiary/aromatic N) is 3. The Morgan fingerprint density at radius 3 is 3.00 bits per heavy atom. The molecule has 2 heterocycles. The molecule has 0 saturated carbocycles. The van der Waals surface area contributed by atoms with Gasteiger partial charge in [0.05, 0.1) is 18.3 Å². The van der Waals surface area contributed by atoms with Crippen LogP contribution in [0.4, 0.5) is 0 Å². The van der Waals surface area contributed by atoms with Crippen LogP contribution in [0.5, 0.6) is 0 Å². The Labute approximate surface area is 92.7 Å². The first-order valence-electron chi connectivity index (χ1n) is 4.93. The Bertz CT molecular complexity index is 499.